The van der Waals surface area contributed by atoms with E-state index < -0.39 is 0 Å². The zero-order valence-corrected chi connectivity index (χ0v) is 10.5. The number of hydrogen-bond donors (Lipinski definition) is 1. The molecule has 1 aliphatic rings. The molecule has 2 rings (SSSR count). The Labute approximate surface area is 99.3 Å². The Morgan fingerprint density at radius 1 is 1.19 bits per heavy atom. The number of benzene rings is 1. The summed E-state index contributed by atoms with van der Waals surface area (Å²) in [6.45, 7) is 6.91. The summed E-state index contributed by atoms with van der Waals surface area (Å²) in [7, 11) is 0. The predicted octanol–water partition coefficient (Wildman–Crippen LogP) is 3.35. The average Bonchev–Trinajstić information content (AvgIpc) is 2.23. The Bertz CT molecular complexity index is 311. The van der Waals surface area contributed by atoms with Gasteiger partial charge in [-0.05, 0) is 30.9 Å². The first-order valence-corrected chi connectivity index (χ1v) is 6.45. The fourth-order valence-corrected chi connectivity index (χ4v) is 2.28. The lowest BCUT2D eigenvalue weighted by Gasteiger charge is -2.30. The van der Waals surface area contributed by atoms with E-state index in [4.69, 9.17) is 0 Å². The molecule has 0 saturated heterocycles. The molecule has 0 bridgehead atoms. The van der Waals surface area contributed by atoms with Gasteiger partial charge in [0.15, 0.2) is 0 Å². The van der Waals surface area contributed by atoms with Gasteiger partial charge in [-0.1, -0.05) is 50.6 Å². The Kier molecular flexibility index (Phi) is 3.65. The summed E-state index contributed by atoms with van der Waals surface area (Å²) >= 11 is 0. The second kappa shape index (κ2) is 5.01. The van der Waals surface area contributed by atoms with E-state index in [-0.39, 0.29) is 5.41 Å². The van der Waals surface area contributed by atoms with Crippen LogP contribution < -0.4 is 5.32 Å². The van der Waals surface area contributed by atoms with Crippen LogP contribution in [0.1, 0.15) is 38.7 Å². The van der Waals surface area contributed by atoms with Gasteiger partial charge in [0.1, 0.15) is 0 Å². The third-order valence-electron chi connectivity index (χ3n) is 3.78. The summed E-state index contributed by atoms with van der Waals surface area (Å²) in [4.78, 5) is 0. The van der Waals surface area contributed by atoms with Crippen molar-refractivity contribution in [2.75, 3.05) is 13.1 Å². The third kappa shape index (κ3) is 2.85. The minimum Gasteiger partial charge on any atom is -0.316 e. The predicted molar refractivity (Wildman–Crippen MR) is 69.7 cm³/mol. The van der Waals surface area contributed by atoms with Crippen LogP contribution in [0, 0.1) is 5.92 Å². The van der Waals surface area contributed by atoms with E-state index in [0.717, 1.165) is 12.5 Å². The highest BCUT2D eigenvalue weighted by molar-refractivity contribution is 5.23. The summed E-state index contributed by atoms with van der Waals surface area (Å²) in [6.07, 6.45) is 4.30. The maximum Gasteiger partial charge on any atom is 0.00432 e. The quantitative estimate of drug-likeness (QED) is 0.797. The minimum atomic E-state index is 0.241. The highest BCUT2D eigenvalue weighted by Crippen LogP contribution is 2.26. The number of rotatable bonds is 5. The minimum absolute atomic E-state index is 0.241. The van der Waals surface area contributed by atoms with Crippen LogP contribution in [-0.2, 0) is 5.41 Å². The summed E-state index contributed by atoms with van der Waals surface area (Å²) in [6, 6.07) is 10.8. The zero-order valence-electron chi connectivity index (χ0n) is 10.5. The zero-order chi connectivity index (χ0) is 11.4. The number of nitrogens with one attached hydrogen (secondary N) is 1. The molecule has 0 spiro atoms. The van der Waals surface area contributed by atoms with Crippen LogP contribution in [0.5, 0.6) is 0 Å². The van der Waals surface area contributed by atoms with Crippen LogP contribution in [0.15, 0.2) is 30.3 Å². The molecule has 0 unspecified atom stereocenters. The van der Waals surface area contributed by atoms with Gasteiger partial charge in [-0.2, -0.15) is 0 Å². The highest BCUT2D eigenvalue weighted by Gasteiger charge is 2.22. The summed E-state index contributed by atoms with van der Waals surface area (Å²) < 4.78 is 0. The van der Waals surface area contributed by atoms with Gasteiger partial charge in [0.25, 0.3) is 0 Å². The molecule has 1 heteroatoms. The molecule has 16 heavy (non-hydrogen) atoms. The smallest absolute Gasteiger partial charge is 0.00432 e. The molecule has 1 nitrogen and oxygen atoms in total. The van der Waals surface area contributed by atoms with Crippen molar-refractivity contribution in [3.8, 4) is 0 Å². The van der Waals surface area contributed by atoms with Crippen molar-refractivity contribution in [2.45, 2.75) is 38.5 Å². The Hall–Kier alpha value is -0.820. The monoisotopic (exact) mass is 217 g/mol. The first-order valence-electron chi connectivity index (χ1n) is 6.45. The SMILES string of the molecule is CC(C)(CNCC1CCC1)c1ccccc1. The molecule has 1 aromatic rings. The molecule has 0 aromatic heterocycles. The molecule has 0 radical (unpaired) electrons. The molecule has 88 valence electrons. The lowest BCUT2D eigenvalue weighted by atomic mass is 9.83. The largest absolute Gasteiger partial charge is 0.316 e. The summed E-state index contributed by atoms with van der Waals surface area (Å²) in [5.41, 5.74) is 1.67. The van der Waals surface area contributed by atoms with E-state index in [9.17, 15) is 0 Å². The van der Waals surface area contributed by atoms with Crippen molar-refractivity contribution < 1.29 is 0 Å². The first kappa shape index (κ1) is 11.7. The van der Waals surface area contributed by atoms with Gasteiger partial charge in [0.05, 0.1) is 0 Å². The molecular formula is C15H23N. The molecule has 1 saturated carbocycles. The molecule has 1 N–H and O–H groups in total. The second-order valence-electron chi connectivity index (χ2n) is 5.68. The molecule has 0 aliphatic heterocycles. The van der Waals surface area contributed by atoms with Gasteiger partial charge in [-0.15, -0.1) is 0 Å². The maximum atomic E-state index is 3.63. The third-order valence-corrected chi connectivity index (χ3v) is 3.78. The Balaban J connectivity index is 1.82. The topological polar surface area (TPSA) is 12.0 Å². The fraction of sp³-hybridized carbons (Fsp3) is 0.600. The first-order chi connectivity index (χ1) is 7.68. The molecule has 1 fully saturated rings. The van der Waals surface area contributed by atoms with Crippen LogP contribution in [-0.4, -0.2) is 13.1 Å². The maximum absolute atomic E-state index is 3.63. The van der Waals surface area contributed by atoms with E-state index in [1.54, 1.807) is 0 Å². The lowest BCUT2D eigenvalue weighted by molar-refractivity contribution is 0.292. The lowest BCUT2D eigenvalue weighted by Crippen LogP contribution is -2.37. The van der Waals surface area contributed by atoms with Crippen LogP contribution in [0.25, 0.3) is 0 Å². The van der Waals surface area contributed by atoms with E-state index in [2.05, 4.69) is 49.5 Å². The molecular weight excluding hydrogens is 194 g/mol. The molecule has 0 atom stereocenters. The van der Waals surface area contributed by atoms with Gasteiger partial charge < -0.3 is 5.32 Å². The Morgan fingerprint density at radius 2 is 1.88 bits per heavy atom. The van der Waals surface area contributed by atoms with Gasteiger partial charge in [0.2, 0.25) is 0 Å². The van der Waals surface area contributed by atoms with Crippen molar-refractivity contribution in [1.82, 2.24) is 5.32 Å². The van der Waals surface area contributed by atoms with E-state index in [0.29, 0.717) is 0 Å². The van der Waals surface area contributed by atoms with Crippen molar-refractivity contribution >= 4 is 0 Å². The van der Waals surface area contributed by atoms with Gasteiger partial charge in [-0.25, -0.2) is 0 Å². The van der Waals surface area contributed by atoms with E-state index in [1.807, 2.05) is 0 Å². The van der Waals surface area contributed by atoms with E-state index >= 15 is 0 Å². The van der Waals surface area contributed by atoms with E-state index in [1.165, 1.54) is 31.4 Å². The van der Waals surface area contributed by atoms with Gasteiger partial charge in [0, 0.05) is 12.0 Å². The standard InChI is InChI=1S/C15H23N/c1-15(2,14-9-4-3-5-10-14)12-16-11-13-7-6-8-13/h3-5,9-10,13,16H,6-8,11-12H2,1-2H3. The van der Waals surface area contributed by atoms with Crippen molar-refractivity contribution in [3.63, 3.8) is 0 Å². The van der Waals surface area contributed by atoms with Crippen LogP contribution in [0.2, 0.25) is 0 Å². The number of hydrogen-bond acceptors (Lipinski definition) is 1. The normalized spacial score (nSPS) is 17.1. The molecule has 0 heterocycles. The van der Waals surface area contributed by atoms with Crippen LogP contribution in [0.3, 0.4) is 0 Å². The highest BCUT2D eigenvalue weighted by atomic mass is 14.9. The van der Waals surface area contributed by atoms with Gasteiger partial charge in [-0.3, -0.25) is 0 Å². The molecule has 0 amide bonds. The van der Waals surface area contributed by atoms with Gasteiger partial charge >= 0.3 is 0 Å². The van der Waals surface area contributed by atoms with Crippen molar-refractivity contribution in [3.05, 3.63) is 35.9 Å². The van der Waals surface area contributed by atoms with Crippen molar-refractivity contribution in [2.24, 2.45) is 5.92 Å². The Morgan fingerprint density at radius 3 is 2.44 bits per heavy atom. The average molecular weight is 217 g/mol. The summed E-state index contributed by atoms with van der Waals surface area (Å²) in [5.74, 6) is 0.951. The molecule has 1 aromatic carbocycles. The van der Waals surface area contributed by atoms with Crippen LogP contribution in [0.4, 0.5) is 0 Å². The molecule has 1 aliphatic carbocycles. The van der Waals surface area contributed by atoms with Crippen LogP contribution >= 0.6 is 0 Å². The fourth-order valence-electron chi connectivity index (χ4n) is 2.28. The summed E-state index contributed by atoms with van der Waals surface area (Å²) in [5, 5.41) is 3.63. The second-order valence-corrected chi connectivity index (χ2v) is 5.68. The van der Waals surface area contributed by atoms with Crippen molar-refractivity contribution in [1.29, 1.82) is 0 Å².